The van der Waals surface area contributed by atoms with Gasteiger partial charge in [0.1, 0.15) is 0 Å². The van der Waals surface area contributed by atoms with Crippen LogP contribution < -0.4 is 5.73 Å². The number of ether oxygens (including phenoxy) is 1. The molecule has 2 heterocycles. The van der Waals surface area contributed by atoms with Gasteiger partial charge < -0.3 is 15.5 Å². The number of hydrogen-bond acceptors (Lipinski definition) is 4. The van der Waals surface area contributed by atoms with Crippen LogP contribution in [-0.2, 0) is 26.0 Å². The average Bonchev–Trinajstić information content (AvgIpc) is 3.26. The molecule has 0 spiro atoms. The van der Waals surface area contributed by atoms with Gasteiger partial charge in [-0.25, -0.2) is 12.7 Å². The van der Waals surface area contributed by atoms with Crippen molar-refractivity contribution in [3.8, 4) is 11.1 Å². The highest BCUT2D eigenvalue weighted by molar-refractivity contribution is 7.89. The van der Waals surface area contributed by atoms with E-state index in [0.717, 1.165) is 40.4 Å². The molecule has 0 radical (unpaired) electrons. The first-order chi connectivity index (χ1) is 16.4. The lowest BCUT2D eigenvalue weighted by Gasteiger charge is -2.31. The molecule has 34 heavy (non-hydrogen) atoms. The Balaban J connectivity index is 1.56. The first-order valence-electron chi connectivity index (χ1n) is 11.9. The molecule has 182 valence electrons. The molecule has 1 fully saturated rings. The number of nitrogens with one attached hydrogen (secondary N) is 1. The molecular weight excluding hydrogens is 450 g/mol. The quantitative estimate of drug-likeness (QED) is 0.428. The van der Waals surface area contributed by atoms with E-state index in [2.05, 4.69) is 23.2 Å². The summed E-state index contributed by atoms with van der Waals surface area (Å²) in [5.41, 5.74) is 10.6. The van der Waals surface area contributed by atoms with Gasteiger partial charge in [0, 0.05) is 43.4 Å². The first-order valence-corrected chi connectivity index (χ1v) is 13.5. The van der Waals surface area contributed by atoms with Gasteiger partial charge in [-0.1, -0.05) is 30.3 Å². The average molecular weight is 484 g/mol. The lowest BCUT2D eigenvalue weighted by molar-refractivity contribution is -0.117. The molecule has 0 bridgehead atoms. The van der Waals surface area contributed by atoms with Crippen LogP contribution in [0.5, 0.6) is 0 Å². The topological polar surface area (TPSA) is 105 Å². The number of benzene rings is 2. The highest BCUT2D eigenvalue weighted by Crippen LogP contribution is 2.37. The third-order valence-corrected chi connectivity index (χ3v) is 8.51. The van der Waals surface area contributed by atoms with Crippen LogP contribution >= 0.6 is 0 Å². The monoisotopic (exact) mass is 483 g/mol. The maximum Gasteiger partial charge on any atom is 0.221 e. The summed E-state index contributed by atoms with van der Waals surface area (Å²) < 4.78 is 32.4. The molecule has 1 saturated heterocycles. The molecule has 4 rings (SSSR count). The summed E-state index contributed by atoms with van der Waals surface area (Å²) >= 11 is 0. The Morgan fingerprint density at radius 1 is 1.15 bits per heavy atom. The Bertz CT molecular complexity index is 1230. The van der Waals surface area contributed by atoms with Gasteiger partial charge in [0.15, 0.2) is 0 Å². The van der Waals surface area contributed by atoms with Crippen molar-refractivity contribution >= 4 is 26.8 Å². The molecule has 0 saturated carbocycles. The van der Waals surface area contributed by atoms with Gasteiger partial charge in [-0.3, -0.25) is 4.79 Å². The lowest BCUT2D eigenvalue weighted by Crippen LogP contribution is -2.39. The van der Waals surface area contributed by atoms with Crippen LogP contribution in [0.2, 0.25) is 0 Å². The fourth-order valence-corrected chi connectivity index (χ4v) is 6.36. The molecule has 3 N–H and O–H groups in total. The van der Waals surface area contributed by atoms with E-state index < -0.39 is 10.0 Å². The molecule has 3 aromatic rings. The number of fused-ring (bicyclic) bond motifs is 1. The van der Waals surface area contributed by atoms with Crippen LogP contribution in [0, 0.1) is 0 Å². The van der Waals surface area contributed by atoms with Crippen molar-refractivity contribution in [2.75, 3.05) is 32.1 Å². The number of hydrogen-bond donors (Lipinski definition) is 2. The molecule has 7 nitrogen and oxygen atoms in total. The second-order valence-corrected chi connectivity index (χ2v) is 10.9. The Kier molecular flexibility index (Phi) is 7.70. The van der Waals surface area contributed by atoms with Gasteiger partial charge in [-0.15, -0.1) is 0 Å². The van der Waals surface area contributed by atoms with Crippen molar-refractivity contribution in [3.63, 3.8) is 0 Å². The van der Waals surface area contributed by atoms with E-state index in [0.29, 0.717) is 32.7 Å². The zero-order valence-electron chi connectivity index (χ0n) is 19.6. The van der Waals surface area contributed by atoms with Crippen molar-refractivity contribution in [1.82, 2.24) is 9.29 Å². The largest absolute Gasteiger partial charge is 0.382 e. The zero-order chi connectivity index (χ0) is 24.1. The number of H-pyrrole nitrogens is 1. The van der Waals surface area contributed by atoms with E-state index in [-0.39, 0.29) is 24.0 Å². The van der Waals surface area contributed by atoms with Gasteiger partial charge in [-0.2, -0.15) is 0 Å². The summed E-state index contributed by atoms with van der Waals surface area (Å²) in [5.74, 6) is 0.00312. The third-order valence-electron chi connectivity index (χ3n) is 6.56. The molecule has 1 aromatic heterocycles. The smallest absolute Gasteiger partial charge is 0.221 e. The Morgan fingerprint density at radius 2 is 1.88 bits per heavy atom. The standard InChI is InChI=1S/C26H33N3O4S/c1-2-33-13-6-14-34(31,32)29-11-9-20(10-12-29)24-18-28-26-22(17-25(27)30)15-21(16-23(24)26)19-7-4-3-5-8-19/h3-5,7-8,15-16,18,20,28H,2,6,9-14,17H2,1H3,(H2,27,30). The summed E-state index contributed by atoms with van der Waals surface area (Å²) in [4.78, 5) is 15.1. The predicted molar refractivity (Wildman–Crippen MR) is 135 cm³/mol. The second kappa shape index (κ2) is 10.7. The fraction of sp³-hybridized carbons (Fsp3) is 0.423. The predicted octanol–water partition coefficient (Wildman–Crippen LogP) is 3.80. The van der Waals surface area contributed by atoms with Gasteiger partial charge in [-0.05, 0) is 66.5 Å². The minimum Gasteiger partial charge on any atom is -0.382 e. The number of rotatable bonds is 10. The summed E-state index contributed by atoms with van der Waals surface area (Å²) in [6.45, 7) is 4.01. The fourth-order valence-electron chi connectivity index (χ4n) is 4.85. The minimum absolute atomic E-state index is 0.127. The minimum atomic E-state index is -3.27. The highest BCUT2D eigenvalue weighted by Gasteiger charge is 2.29. The number of carbonyl (C=O) groups is 1. The van der Waals surface area contributed by atoms with Gasteiger partial charge in [0.05, 0.1) is 12.2 Å². The Morgan fingerprint density at radius 3 is 2.56 bits per heavy atom. The second-order valence-electron chi connectivity index (χ2n) is 8.85. The molecule has 2 aromatic carbocycles. The van der Waals surface area contributed by atoms with Crippen LogP contribution in [0.25, 0.3) is 22.0 Å². The van der Waals surface area contributed by atoms with Crippen LogP contribution in [0.1, 0.15) is 43.2 Å². The molecule has 1 aliphatic rings. The number of aromatic nitrogens is 1. The summed E-state index contributed by atoms with van der Waals surface area (Å²) in [7, 11) is -3.27. The maximum absolute atomic E-state index is 12.7. The molecule has 8 heteroatoms. The van der Waals surface area contributed by atoms with Crippen LogP contribution in [0.3, 0.4) is 0 Å². The number of carbonyl (C=O) groups excluding carboxylic acids is 1. The molecule has 0 unspecified atom stereocenters. The molecule has 0 atom stereocenters. The van der Waals surface area contributed by atoms with Crippen LogP contribution in [0.4, 0.5) is 0 Å². The number of piperidine rings is 1. The van der Waals surface area contributed by atoms with E-state index in [9.17, 15) is 13.2 Å². The Hall–Kier alpha value is -2.68. The number of nitrogens with two attached hydrogens (primary N) is 1. The zero-order valence-corrected chi connectivity index (χ0v) is 20.4. The normalized spacial score (nSPS) is 15.7. The van der Waals surface area contributed by atoms with E-state index in [1.807, 2.05) is 37.4 Å². The molecule has 1 aliphatic heterocycles. The van der Waals surface area contributed by atoms with Gasteiger partial charge in [0.25, 0.3) is 0 Å². The maximum atomic E-state index is 12.7. The number of amides is 1. The summed E-state index contributed by atoms with van der Waals surface area (Å²) in [6.07, 6.45) is 4.22. The van der Waals surface area contributed by atoms with E-state index >= 15 is 0 Å². The van der Waals surface area contributed by atoms with E-state index in [4.69, 9.17) is 10.5 Å². The van der Waals surface area contributed by atoms with Gasteiger partial charge in [0.2, 0.25) is 15.9 Å². The van der Waals surface area contributed by atoms with Crippen molar-refractivity contribution < 1.29 is 17.9 Å². The Labute approximate surface area is 201 Å². The molecule has 1 amide bonds. The molecular formula is C26H33N3O4S. The SMILES string of the molecule is CCOCCCS(=O)(=O)N1CCC(c2c[nH]c3c(CC(N)=O)cc(-c4ccccc4)cc23)CC1. The van der Waals surface area contributed by atoms with Crippen molar-refractivity contribution in [2.24, 2.45) is 5.73 Å². The first kappa shape index (κ1) is 24.4. The van der Waals surface area contributed by atoms with Crippen LogP contribution in [0.15, 0.2) is 48.7 Å². The molecule has 0 aliphatic carbocycles. The summed E-state index contributed by atoms with van der Waals surface area (Å²) in [5, 5.41) is 1.08. The van der Waals surface area contributed by atoms with Crippen LogP contribution in [-0.4, -0.2) is 55.7 Å². The number of nitrogens with zero attached hydrogens (tertiary/aromatic N) is 1. The van der Waals surface area contributed by atoms with Gasteiger partial charge >= 0.3 is 0 Å². The number of primary amides is 1. The van der Waals surface area contributed by atoms with E-state index in [1.165, 1.54) is 5.56 Å². The summed E-state index contributed by atoms with van der Waals surface area (Å²) in [6, 6.07) is 14.3. The number of aromatic amines is 1. The van der Waals surface area contributed by atoms with Crippen molar-refractivity contribution in [1.29, 1.82) is 0 Å². The third kappa shape index (κ3) is 5.51. The lowest BCUT2D eigenvalue weighted by atomic mass is 9.88. The highest BCUT2D eigenvalue weighted by atomic mass is 32.2. The number of sulfonamides is 1. The van der Waals surface area contributed by atoms with Crippen molar-refractivity contribution in [3.05, 3.63) is 59.8 Å². The van der Waals surface area contributed by atoms with Crippen molar-refractivity contribution in [2.45, 2.75) is 38.5 Å². The van der Waals surface area contributed by atoms with E-state index in [1.54, 1.807) is 4.31 Å².